The van der Waals surface area contributed by atoms with Gasteiger partial charge in [-0.2, -0.15) is 23.5 Å². The van der Waals surface area contributed by atoms with E-state index >= 15 is 0 Å². The van der Waals surface area contributed by atoms with Crippen molar-refractivity contribution < 1.29 is 9.18 Å². The van der Waals surface area contributed by atoms with Crippen LogP contribution in [0, 0.1) is 12.7 Å². The molecule has 1 heterocycles. The second-order valence-corrected chi connectivity index (χ2v) is 6.77. The van der Waals surface area contributed by atoms with E-state index in [2.05, 4.69) is 5.32 Å². The first kappa shape index (κ1) is 13.7. The second kappa shape index (κ2) is 6.48. The highest BCUT2D eigenvalue weighted by molar-refractivity contribution is 8.06. The van der Waals surface area contributed by atoms with Crippen molar-refractivity contribution in [3.05, 3.63) is 35.1 Å². The number of benzene rings is 1. The zero-order valence-electron chi connectivity index (χ0n) is 10.2. The fourth-order valence-corrected chi connectivity index (χ4v) is 4.39. The lowest BCUT2D eigenvalue weighted by Crippen LogP contribution is -2.33. The normalized spacial score (nSPS) is 19.6. The van der Waals surface area contributed by atoms with Gasteiger partial charge >= 0.3 is 0 Å². The Morgan fingerprint density at radius 2 is 2.33 bits per heavy atom. The maximum absolute atomic E-state index is 13.7. The summed E-state index contributed by atoms with van der Waals surface area (Å²) in [6, 6.07) is 4.90. The van der Waals surface area contributed by atoms with Crippen LogP contribution in [0.15, 0.2) is 18.2 Å². The predicted molar refractivity (Wildman–Crippen MR) is 77.0 cm³/mol. The summed E-state index contributed by atoms with van der Waals surface area (Å²) in [6.07, 6.45) is 0. The lowest BCUT2D eigenvalue weighted by atomic mass is 10.1. The monoisotopic (exact) mass is 285 g/mol. The second-order valence-electron chi connectivity index (χ2n) is 4.21. The highest BCUT2D eigenvalue weighted by Gasteiger charge is 2.17. The molecule has 98 valence electrons. The van der Waals surface area contributed by atoms with E-state index in [1.807, 2.05) is 23.5 Å². The number of hydrogen-bond acceptors (Lipinski definition) is 3. The molecular formula is C13H16FNOS2. The van der Waals surface area contributed by atoms with Crippen LogP contribution in [0.2, 0.25) is 0 Å². The van der Waals surface area contributed by atoms with Crippen molar-refractivity contribution in [1.29, 1.82) is 0 Å². The third-order valence-corrected chi connectivity index (χ3v) is 5.66. The van der Waals surface area contributed by atoms with E-state index in [9.17, 15) is 9.18 Å². The van der Waals surface area contributed by atoms with Gasteiger partial charge in [0.2, 0.25) is 0 Å². The molecule has 0 spiro atoms. The van der Waals surface area contributed by atoms with Gasteiger partial charge in [0.25, 0.3) is 5.91 Å². The molecule has 0 bridgehead atoms. The molecule has 2 rings (SSSR count). The molecule has 2 nitrogen and oxygen atoms in total. The van der Waals surface area contributed by atoms with Crippen LogP contribution in [-0.4, -0.2) is 35.0 Å². The van der Waals surface area contributed by atoms with Gasteiger partial charge in [-0.25, -0.2) is 4.39 Å². The van der Waals surface area contributed by atoms with Crippen LogP contribution in [-0.2, 0) is 0 Å². The molecule has 1 aromatic carbocycles. The van der Waals surface area contributed by atoms with Crippen molar-refractivity contribution in [2.75, 3.05) is 23.8 Å². The third-order valence-electron chi connectivity index (χ3n) is 2.81. The van der Waals surface area contributed by atoms with Crippen molar-refractivity contribution in [1.82, 2.24) is 5.32 Å². The molecule has 1 N–H and O–H groups in total. The van der Waals surface area contributed by atoms with Gasteiger partial charge in [0, 0.05) is 29.1 Å². The summed E-state index contributed by atoms with van der Waals surface area (Å²) in [7, 11) is 0. The van der Waals surface area contributed by atoms with E-state index in [1.54, 1.807) is 19.1 Å². The van der Waals surface area contributed by atoms with Gasteiger partial charge in [-0.3, -0.25) is 4.79 Å². The summed E-state index contributed by atoms with van der Waals surface area (Å²) in [6.45, 7) is 2.28. The van der Waals surface area contributed by atoms with Crippen molar-refractivity contribution in [3.8, 4) is 0 Å². The smallest absolute Gasteiger partial charge is 0.254 e. The zero-order valence-corrected chi connectivity index (χ0v) is 11.9. The standard InChI is InChI=1S/C13H16FNOS2/c1-9-3-2-4-11(12(9)14)13(16)15-7-10-8-17-5-6-18-10/h2-4,10H,5-8H2,1H3,(H,15,16). The minimum absolute atomic E-state index is 0.142. The Bertz CT molecular complexity index is 433. The van der Waals surface area contributed by atoms with Crippen LogP contribution in [0.1, 0.15) is 15.9 Å². The Hall–Kier alpha value is -0.680. The third kappa shape index (κ3) is 3.42. The number of rotatable bonds is 3. The SMILES string of the molecule is Cc1cccc(C(=O)NCC2CSCCS2)c1F. The molecule has 1 aliphatic rings. The van der Waals surface area contributed by atoms with Crippen LogP contribution >= 0.6 is 23.5 Å². The lowest BCUT2D eigenvalue weighted by molar-refractivity contribution is 0.0950. The Morgan fingerprint density at radius 1 is 1.50 bits per heavy atom. The Balaban J connectivity index is 1.93. The van der Waals surface area contributed by atoms with Gasteiger partial charge in [0.15, 0.2) is 0 Å². The van der Waals surface area contributed by atoms with Gasteiger partial charge in [0.1, 0.15) is 5.82 Å². The van der Waals surface area contributed by atoms with Gasteiger partial charge in [0.05, 0.1) is 5.56 Å². The van der Waals surface area contributed by atoms with Gasteiger partial charge < -0.3 is 5.32 Å². The molecule has 1 unspecified atom stereocenters. The number of halogens is 1. The summed E-state index contributed by atoms with van der Waals surface area (Å²) in [5.74, 6) is 2.64. The topological polar surface area (TPSA) is 29.1 Å². The molecule has 0 aliphatic carbocycles. The molecule has 18 heavy (non-hydrogen) atoms. The van der Waals surface area contributed by atoms with E-state index in [0.29, 0.717) is 17.4 Å². The number of carbonyl (C=O) groups excluding carboxylic acids is 1. The molecule has 1 aromatic rings. The molecule has 0 radical (unpaired) electrons. The molecule has 1 amide bonds. The number of aryl methyl sites for hydroxylation is 1. The maximum Gasteiger partial charge on any atom is 0.254 e. The van der Waals surface area contributed by atoms with Gasteiger partial charge in [-0.05, 0) is 18.6 Å². The average Bonchev–Trinajstić information content (AvgIpc) is 2.40. The summed E-state index contributed by atoms with van der Waals surface area (Å²) in [5, 5.41) is 3.27. The van der Waals surface area contributed by atoms with Crippen LogP contribution in [0.3, 0.4) is 0 Å². The maximum atomic E-state index is 13.7. The molecule has 1 aliphatic heterocycles. The first-order valence-corrected chi connectivity index (χ1v) is 8.11. The van der Waals surface area contributed by atoms with E-state index in [0.717, 1.165) is 11.5 Å². The van der Waals surface area contributed by atoms with E-state index in [4.69, 9.17) is 0 Å². The predicted octanol–water partition coefficient (Wildman–Crippen LogP) is 2.71. The molecule has 0 aromatic heterocycles. The summed E-state index contributed by atoms with van der Waals surface area (Å²) >= 11 is 3.79. The molecule has 1 atom stereocenters. The fourth-order valence-electron chi connectivity index (χ4n) is 1.78. The first-order valence-electron chi connectivity index (χ1n) is 5.91. The highest BCUT2D eigenvalue weighted by Crippen LogP contribution is 2.23. The number of hydrogen-bond donors (Lipinski definition) is 1. The molecule has 1 saturated heterocycles. The quantitative estimate of drug-likeness (QED) is 0.926. The average molecular weight is 285 g/mol. The van der Waals surface area contributed by atoms with E-state index in [-0.39, 0.29) is 11.5 Å². The molecule has 1 fully saturated rings. The fraction of sp³-hybridized carbons (Fsp3) is 0.462. The largest absolute Gasteiger partial charge is 0.351 e. The highest BCUT2D eigenvalue weighted by atomic mass is 32.2. The van der Waals surface area contributed by atoms with Crippen LogP contribution in [0.5, 0.6) is 0 Å². The van der Waals surface area contributed by atoms with Crippen LogP contribution in [0.25, 0.3) is 0 Å². The lowest BCUT2D eigenvalue weighted by Gasteiger charge is -2.21. The van der Waals surface area contributed by atoms with Gasteiger partial charge in [-0.1, -0.05) is 12.1 Å². The Labute approximate surface area is 115 Å². The molecular weight excluding hydrogens is 269 g/mol. The number of thioether (sulfide) groups is 2. The number of nitrogens with one attached hydrogen (secondary N) is 1. The van der Waals surface area contributed by atoms with E-state index in [1.165, 1.54) is 11.8 Å². The first-order chi connectivity index (χ1) is 8.68. The van der Waals surface area contributed by atoms with Crippen molar-refractivity contribution in [3.63, 3.8) is 0 Å². The number of amides is 1. The minimum Gasteiger partial charge on any atom is -0.351 e. The summed E-state index contributed by atoms with van der Waals surface area (Å²) in [5.41, 5.74) is 0.647. The molecule has 0 saturated carbocycles. The number of carbonyl (C=O) groups is 1. The van der Waals surface area contributed by atoms with Crippen LogP contribution in [0.4, 0.5) is 4.39 Å². The van der Waals surface area contributed by atoms with Crippen molar-refractivity contribution >= 4 is 29.4 Å². The Morgan fingerprint density at radius 3 is 3.06 bits per heavy atom. The molecule has 5 heteroatoms. The Kier molecular flexibility index (Phi) is 4.95. The van der Waals surface area contributed by atoms with Crippen LogP contribution < -0.4 is 5.32 Å². The summed E-state index contributed by atoms with van der Waals surface area (Å²) < 4.78 is 13.7. The summed E-state index contributed by atoms with van der Waals surface area (Å²) in [4.78, 5) is 11.9. The van der Waals surface area contributed by atoms with Gasteiger partial charge in [-0.15, -0.1) is 0 Å². The minimum atomic E-state index is -0.416. The zero-order chi connectivity index (χ0) is 13.0. The van der Waals surface area contributed by atoms with Crippen molar-refractivity contribution in [2.24, 2.45) is 0 Å². The van der Waals surface area contributed by atoms with E-state index < -0.39 is 5.82 Å². The van der Waals surface area contributed by atoms with Crippen molar-refractivity contribution in [2.45, 2.75) is 12.2 Å².